The van der Waals surface area contributed by atoms with Crippen LogP contribution in [-0.4, -0.2) is 25.1 Å². The SMILES string of the molecule is CCN1N=C(c2ccc(F)cc2)c2cc(Cl)ccc2CS1(=O)=O. The van der Waals surface area contributed by atoms with Gasteiger partial charge in [0.05, 0.1) is 18.0 Å². The van der Waals surface area contributed by atoms with E-state index in [1.54, 1.807) is 37.3 Å². The third-order valence-corrected chi connectivity index (χ3v) is 5.48. The van der Waals surface area contributed by atoms with Crippen molar-refractivity contribution in [2.75, 3.05) is 6.54 Å². The Bertz CT molecular complexity index is 879. The highest BCUT2D eigenvalue weighted by atomic mass is 35.5. The molecule has 0 saturated heterocycles. The van der Waals surface area contributed by atoms with E-state index in [9.17, 15) is 12.8 Å². The molecular formula is C16H14ClFN2O2S. The van der Waals surface area contributed by atoms with Gasteiger partial charge in [-0.3, -0.25) is 0 Å². The summed E-state index contributed by atoms with van der Waals surface area (Å²) in [6, 6.07) is 10.8. The van der Waals surface area contributed by atoms with Gasteiger partial charge in [0.15, 0.2) is 0 Å². The number of sulfonamides is 1. The zero-order chi connectivity index (χ0) is 16.6. The van der Waals surface area contributed by atoms with Gasteiger partial charge < -0.3 is 0 Å². The predicted molar refractivity (Wildman–Crippen MR) is 88.5 cm³/mol. The van der Waals surface area contributed by atoms with Crippen molar-refractivity contribution in [3.05, 3.63) is 70.0 Å². The zero-order valence-electron chi connectivity index (χ0n) is 12.3. The highest BCUT2D eigenvalue weighted by Gasteiger charge is 2.27. The molecule has 2 aromatic rings. The molecule has 2 aromatic carbocycles. The Morgan fingerprint density at radius 1 is 1.22 bits per heavy atom. The molecule has 4 nitrogen and oxygen atoms in total. The molecule has 23 heavy (non-hydrogen) atoms. The van der Waals surface area contributed by atoms with Crippen LogP contribution < -0.4 is 0 Å². The first-order chi connectivity index (χ1) is 10.9. The van der Waals surface area contributed by atoms with Crippen molar-refractivity contribution in [1.29, 1.82) is 0 Å². The van der Waals surface area contributed by atoms with Gasteiger partial charge in [-0.05, 0) is 48.9 Å². The molecule has 1 heterocycles. The average molecular weight is 353 g/mol. The summed E-state index contributed by atoms with van der Waals surface area (Å²) >= 11 is 6.07. The highest BCUT2D eigenvalue weighted by molar-refractivity contribution is 7.88. The van der Waals surface area contributed by atoms with Crippen molar-refractivity contribution in [3.63, 3.8) is 0 Å². The van der Waals surface area contributed by atoms with Crippen LogP contribution >= 0.6 is 11.6 Å². The number of fused-ring (bicyclic) bond motifs is 1. The summed E-state index contributed by atoms with van der Waals surface area (Å²) in [7, 11) is -3.56. The summed E-state index contributed by atoms with van der Waals surface area (Å²) < 4.78 is 39.1. The minimum Gasteiger partial charge on any atom is -0.207 e. The Balaban J connectivity index is 2.27. The molecule has 1 aliphatic heterocycles. The van der Waals surface area contributed by atoms with Crippen molar-refractivity contribution >= 4 is 27.3 Å². The molecule has 0 atom stereocenters. The first-order valence-electron chi connectivity index (χ1n) is 7.04. The Hall–Kier alpha value is -1.92. The van der Waals surface area contributed by atoms with Crippen LogP contribution in [-0.2, 0) is 15.8 Å². The van der Waals surface area contributed by atoms with Crippen LogP contribution in [0.15, 0.2) is 47.6 Å². The lowest BCUT2D eigenvalue weighted by Crippen LogP contribution is -2.26. The maximum Gasteiger partial charge on any atom is 0.254 e. The third-order valence-electron chi connectivity index (χ3n) is 3.59. The van der Waals surface area contributed by atoms with Gasteiger partial charge in [-0.2, -0.15) is 9.52 Å². The maximum atomic E-state index is 13.2. The van der Waals surface area contributed by atoms with Gasteiger partial charge in [0.1, 0.15) is 5.82 Å². The summed E-state index contributed by atoms with van der Waals surface area (Å²) in [4.78, 5) is 0. The van der Waals surface area contributed by atoms with Crippen LogP contribution in [0.2, 0.25) is 5.02 Å². The number of rotatable bonds is 2. The van der Waals surface area contributed by atoms with Crippen LogP contribution in [0.1, 0.15) is 23.6 Å². The van der Waals surface area contributed by atoms with E-state index in [0.717, 1.165) is 4.41 Å². The fourth-order valence-electron chi connectivity index (χ4n) is 2.48. The Labute approximate surface area is 139 Å². The van der Waals surface area contributed by atoms with Gasteiger partial charge >= 0.3 is 0 Å². The smallest absolute Gasteiger partial charge is 0.207 e. The first kappa shape index (κ1) is 16.0. The number of hydrogen-bond acceptors (Lipinski definition) is 3. The molecule has 0 aromatic heterocycles. The van der Waals surface area contributed by atoms with Crippen molar-refractivity contribution in [3.8, 4) is 0 Å². The van der Waals surface area contributed by atoms with E-state index in [-0.39, 0.29) is 18.1 Å². The van der Waals surface area contributed by atoms with Crippen LogP contribution in [0, 0.1) is 5.82 Å². The topological polar surface area (TPSA) is 49.7 Å². The number of benzene rings is 2. The molecule has 1 aliphatic rings. The second-order valence-electron chi connectivity index (χ2n) is 5.15. The molecular weight excluding hydrogens is 339 g/mol. The van der Waals surface area contributed by atoms with Crippen LogP contribution in [0.3, 0.4) is 0 Å². The number of hydrazone groups is 1. The quantitative estimate of drug-likeness (QED) is 0.831. The normalized spacial score (nSPS) is 16.5. The van der Waals surface area contributed by atoms with Gasteiger partial charge in [-0.15, -0.1) is 0 Å². The molecule has 0 N–H and O–H groups in total. The van der Waals surface area contributed by atoms with Crippen LogP contribution in [0.5, 0.6) is 0 Å². The van der Waals surface area contributed by atoms with E-state index in [2.05, 4.69) is 5.10 Å². The van der Waals surface area contributed by atoms with Gasteiger partial charge in [0.2, 0.25) is 0 Å². The first-order valence-corrected chi connectivity index (χ1v) is 9.03. The van der Waals surface area contributed by atoms with Crippen LogP contribution in [0.4, 0.5) is 4.39 Å². The van der Waals surface area contributed by atoms with Crippen molar-refractivity contribution < 1.29 is 12.8 Å². The largest absolute Gasteiger partial charge is 0.254 e. The monoisotopic (exact) mass is 352 g/mol. The van der Waals surface area contributed by atoms with Crippen LogP contribution in [0.25, 0.3) is 0 Å². The van der Waals surface area contributed by atoms with E-state index in [0.29, 0.717) is 27.4 Å². The molecule has 0 unspecified atom stereocenters. The molecule has 0 amide bonds. The van der Waals surface area contributed by atoms with E-state index in [4.69, 9.17) is 11.6 Å². The average Bonchev–Trinajstić information content (AvgIpc) is 2.61. The second-order valence-corrected chi connectivity index (χ2v) is 7.46. The lowest BCUT2D eigenvalue weighted by Gasteiger charge is -2.15. The standard InChI is InChI=1S/C16H14ClFN2O2S/c1-2-20-19-16(11-4-7-14(18)8-5-11)15-9-13(17)6-3-12(15)10-23(20,21)22/h3-9H,2,10H2,1H3. The molecule has 3 rings (SSSR count). The number of hydrogen-bond donors (Lipinski definition) is 0. The zero-order valence-corrected chi connectivity index (χ0v) is 13.9. The molecule has 0 bridgehead atoms. The lowest BCUT2D eigenvalue weighted by atomic mass is 9.98. The molecule has 120 valence electrons. The minimum atomic E-state index is -3.56. The van der Waals surface area contributed by atoms with Gasteiger partial charge in [-0.1, -0.05) is 17.7 Å². The Morgan fingerprint density at radius 2 is 1.91 bits per heavy atom. The molecule has 0 saturated carbocycles. The van der Waals surface area contributed by atoms with E-state index in [1.807, 2.05) is 0 Å². The van der Waals surface area contributed by atoms with Crippen molar-refractivity contribution in [1.82, 2.24) is 4.41 Å². The fourth-order valence-corrected chi connectivity index (χ4v) is 4.05. The van der Waals surface area contributed by atoms with Crippen molar-refractivity contribution in [2.45, 2.75) is 12.7 Å². The molecule has 0 radical (unpaired) electrons. The maximum absolute atomic E-state index is 13.2. The summed E-state index contributed by atoms with van der Waals surface area (Å²) in [6.45, 7) is 1.93. The summed E-state index contributed by atoms with van der Waals surface area (Å²) in [5, 5.41) is 4.80. The van der Waals surface area contributed by atoms with Gasteiger partial charge in [-0.25, -0.2) is 12.8 Å². The molecule has 7 heteroatoms. The van der Waals surface area contributed by atoms with E-state index < -0.39 is 10.0 Å². The van der Waals surface area contributed by atoms with Crippen molar-refractivity contribution in [2.24, 2.45) is 5.10 Å². The molecule has 0 aliphatic carbocycles. The Morgan fingerprint density at radius 3 is 2.57 bits per heavy atom. The minimum absolute atomic E-state index is 0.151. The number of nitrogens with zero attached hydrogens (tertiary/aromatic N) is 2. The number of halogens is 2. The summed E-state index contributed by atoms with van der Waals surface area (Å²) in [6.07, 6.45) is 0. The summed E-state index contributed by atoms with van der Waals surface area (Å²) in [5.74, 6) is -0.518. The Kier molecular flexibility index (Phi) is 4.12. The highest BCUT2D eigenvalue weighted by Crippen LogP contribution is 2.27. The molecule has 0 fully saturated rings. The second kappa shape index (κ2) is 5.94. The van der Waals surface area contributed by atoms with E-state index >= 15 is 0 Å². The summed E-state index contributed by atoms with van der Waals surface area (Å²) in [5.41, 5.74) is 2.35. The van der Waals surface area contributed by atoms with Gasteiger partial charge in [0.25, 0.3) is 10.0 Å². The predicted octanol–water partition coefficient (Wildman–Crippen LogP) is 3.40. The fraction of sp³-hybridized carbons (Fsp3) is 0.188. The lowest BCUT2D eigenvalue weighted by molar-refractivity contribution is 0.449. The third kappa shape index (κ3) is 3.09. The van der Waals surface area contributed by atoms with E-state index in [1.165, 1.54) is 12.1 Å². The molecule has 0 spiro atoms. The van der Waals surface area contributed by atoms with Gasteiger partial charge in [0, 0.05) is 16.1 Å².